The van der Waals surface area contributed by atoms with E-state index in [2.05, 4.69) is 16.9 Å². The molecule has 1 saturated carbocycles. The summed E-state index contributed by atoms with van der Waals surface area (Å²) in [6.45, 7) is 2.22. The monoisotopic (exact) mass is 257 g/mol. The van der Waals surface area contributed by atoms with Crippen molar-refractivity contribution in [2.24, 2.45) is 11.8 Å². The van der Waals surface area contributed by atoms with Crippen LogP contribution in [0.15, 0.2) is 18.5 Å². The second-order valence-electron chi connectivity index (χ2n) is 5.44. The highest BCUT2D eigenvalue weighted by molar-refractivity contribution is 5.91. The van der Waals surface area contributed by atoms with Gasteiger partial charge in [-0.3, -0.25) is 15.4 Å². The fourth-order valence-electron chi connectivity index (χ4n) is 3.10. The van der Waals surface area contributed by atoms with E-state index < -0.39 is 0 Å². The smallest absolute Gasteiger partial charge is 0.154 e. The van der Waals surface area contributed by atoms with Gasteiger partial charge in [0.25, 0.3) is 0 Å². The van der Waals surface area contributed by atoms with Crippen molar-refractivity contribution in [3.05, 3.63) is 23.9 Å². The van der Waals surface area contributed by atoms with Gasteiger partial charge in [-0.1, -0.05) is 26.2 Å². The average molecular weight is 257 g/mol. The van der Waals surface area contributed by atoms with Crippen LogP contribution < -0.4 is 5.49 Å². The Bertz CT molecular complexity index is 666. The molecular weight excluding hydrogens is 238 g/mol. The SMILES string of the molecule is CC1CCCCC1C(=N)n1c(=N)cnc2[nH]ccc21. The van der Waals surface area contributed by atoms with Gasteiger partial charge >= 0.3 is 0 Å². The number of hydrogen-bond donors (Lipinski definition) is 3. The van der Waals surface area contributed by atoms with Crippen LogP contribution in [-0.2, 0) is 0 Å². The van der Waals surface area contributed by atoms with Crippen molar-refractivity contribution in [2.75, 3.05) is 0 Å². The van der Waals surface area contributed by atoms with Crippen molar-refractivity contribution < 1.29 is 0 Å². The highest BCUT2D eigenvalue weighted by Gasteiger charge is 2.27. The standard InChI is InChI=1S/C14H19N5/c1-9-4-2-3-5-10(9)13(16)19-11-6-7-17-14(11)18-8-12(19)15/h6-10,15-17H,2-5H2,1H3. The van der Waals surface area contributed by atoms with Gasteiger partial charge in [-0.2, -0.15) is 0 Å². The van der Waals surface area contributed by atoms with Gasteiger partial charge in [-0.25, -0.2) is 4.98 Å². The maximum atomic E-state index is 8.52. The van der Waals surface area contributed by atoms with Crippen molar-refractivity contribution in [3.63, 3.8) is 0 Å². The zero-order valence-corrected chi connectivity index (χ0v) is 11.1. The number of aromatic amines is 1. The molecule has 1 fully saturated rings. The minimum atomic E-state index is 0.253. The van der Waals surface area contributed by atoms with Crippen LogP contribution in [0, 0.1) is 22.7 Å². The van der Waals surface area contributed by atoms with Crippen LogP contribution in [0.5, 0.6) is 0 Å². The van der Waals surface area contributed by atoms with Gasteiger partial charge in [-0.05, 0) is 18.4 Å². The molecule has 0 aliphatic heterocycles. The molecule has 2 unspecified atom stereocenters. The summed E-state index contributed by atoms with van der Waals surface area (Å²) in [6, 6.07) is 1.89. The quantitative estimate of drug-likeness (QED) is 0.532. The molecule has 1 aliphatic rings. The summed E-state index contributed by atoms with van der Waals surface area (Å²) in [6.07, 6.45) is 8.01. The van der Waals surface area contributed by atoms with Gasteiger partial charge in [0.05, 0.1) is 11.7 Å². The Labute approximate surface area is 111 Å². The Morgan fingerprint density at radius 1 is 1.42 bits per heavy atom. The van der Waals surface area contributed by atoms with E-state index in [-0.39, 0.29) is 11.4 Å². The van der Waals surface area contributed by atoms with Crippen molar-refractivity contribution in [1.29, 1.82) is 10.8 Å². The van der Waals surface area contributed by atoms with Crippen LogP contribution in [0.4, 0.5) is 0 Å². The van der Waals surface area contributed by atoms with Crippen LogP contribution in [0.1, 0.15) is 32.6 Å². The van der Waals surface area contributed by atoms with Crippen molar-refractivity contribution >= 4 is 17.0 Å². The van der Waals surface area contributed by atoms with Gasteiger partial charge < -0.3 is 4.98 Å². The first-order chi connectivity index (χ1) is 9.18. The Balaban J connectivity index is 2.08. The molecular formula is C14H19N5. The number of rotatable bonds is 1. The van der Waals surface area contributed by atoms with E-state index in [4.69, 9.17) is 10.8 Å². The number of nitrogens with one attached hydrogen (secondary N) is 3. The number of nitrogens with zero attached hydrogens (tertiary/aromatic N) is 2. The molecule has 1 aliphatic carbocycles. The molecule has 0 aromatic carbocycles. The van der Waals surface area contributed by atoms with Gasteiger partial charge in [-0.15, -0.1) is 0 Å². The van der Waals surface area contributed by atoms with Gasteiger partial charge in [0, 0.05) is 12.1 Å². The van der Waals surface area contributed by atoms with Gasteiger partial charge in [0.15, 0.2) is 5.65 Å². The number of fused-ring (bicyclic) bond motifs is 1. The lowest BCUT2D eigenvalue weighted by Crippen LogP contribution is -2.36. The first-order valence-corrected chi connectivity index (χ1v) is 6.87. The third kappa shape index (κ3) is 1.99. The van der Waals surface area contributed by atoms with E-state index in [1.54, 1.807) is 4.57 Å². The third-order valence-electron chi connectivity index (χ3n) is 4.21. The molecule has 2 atom stereocenters. The highest BCUT2D eigenvalue weighted by atomic mass is 15.1. The fraction of sp³-hybridized carbons (Fsp3) is 0.500. The molecule has 19 heavy (non-hydrogen) atoms. The lowest BCUT2D eigenvalue weighted by atomic mass is 9.79. The Morgan fingerprint density at radius 2 is 2.21 bits per heavy atom. The molecule has 0 amide bonds. The molecule has 3 rings (SSSR count). The van der Waals surface area contributed by atoms with E-state index in [1.165, 1.54) is 25.5 Å². The molecule has 0 spiro atoms. The molecule has 3 N–H and O–H groups in total. The zero-order chi connectivity index (χ0) is 13.4. The van der Waals surface area contributed by atoms with E-state index >= 15 is 0 Å². The zero-order valence-electron chi connectivity index (χ0n) is 11.1. The Morgan fingerprint density at radius 3 is 3.00 bits per heavy atom. The van der Waals surface area contributed by atoms with Gasteiger partial charge in [0.1, 0.15) is 11.3 Å². The molecule has 5 heteroatoms. The molecule has 2 aromatic heterocycles. The second kappa shape index (κ2) is 4.64. The first kappa shape index (κ1) is 12.1. The number of hydrogen-bond acceptors (Lipinski definition) is 3. The fourth-order valence-corrected chi connectivity index (χ4v) is 3.10. The topological polar surface area (TPSA) is 81.3 Å². The minimum absolute atomic E-state index is 0.253. The molecule has 2 heterocycles. The predicted molar refractivity (Wildman–Crippen MR) is 74.2 cm³/mol. The normalized spacial score (nSPS) is 23.6. The predicted octanol–water partition coefficient (Wildman–Crippen LogP) is 2.50. The molecule has 0 bridgehead atoms. The van der Waals surface area contributed by atoms with Crippen LogP contribution in [0.2, 0.25) is 0 Å². The summed E-state index contributed by atoms with van der Waals surface area (Å²) in [4.78, 5) is 7.23. The van der Waals surface area contributed by atoms with E-state index in [1.807, 2.05) is 12.3 Å². The maximum Gasteiger partial charge on any atom is 0.154 e. The minimum Gasteiger partial charge on any atom is -0.345 e. The van der Waals surface area contributed by atoms with E-state index in [0.717, 1.165) is 17.6 Å². The summed E-state index contributed by atoms with van der Waals surface area (Å²) in [5.41, 5.74) is 1.86. The Hall–Kier alpha value is -1.91. The second-order valence-corrected chi connectivity index (χ2v) is 5.44. The van der Waals surface area contributed by atoms with Gasteiger partial charge in [0.2, 0.25) is 0 Å². The first-order valence-electron chi connectivity index (χ1n) is 6.87. The summed E-state index contributed by atoms with van der Waals surface area (Å²) in [5, 5.41) is 16.6. The van der Waals surface area contributed by atoms with Crippen molar-refractivity contribution in [2.45, 2.75) is 32.6 Å². The number of aromatic nitrogens is 3. The molecule has 5 nitrogen and oxygen atoms in total. The molecule has 2 aromatic rings. The van der Waals surface area contributed by atoms with E-state index in [0.29, 0.717) is 11.8 Å². The van der Waals surface area contributed by atoms with E-state index in [9.17, 15) is 0 Å². The summed E-state index contributed by atoms with van der Waals surface area (Å²) < 4.78 is 1.73. The van der Waals surface area contributed by atoms with Crippen LogP contribution in [0.3, 0.4) is 0 Å². The average Bonchev–Trinajstić information content (AvgIpc) is 2.86. The van der Waals surface area contributed by atoms with Crippen LogP contribution in [-0.4, -0.2) is 20.4 Å². The lowest BCUT2D eigenvalue weighted by Gasteiger charge is -2.30. The maximum absolute atomic E-state index is 8.52. The molecule has 100 valence electrons. The van der Waals surface area contributed by atoms with Crippen LogP contribution >= 0.6 is 0 Å². The number of H-pyrrole nitrogens is 1. The highest BCUT2D eigenvalue weighted by Crippen LogP contribution is 2.30. The third-order valence-corrected chi connectivity index (χ3v) is 4.21. The Kier molecular flexibility index (Phi) is 2.97. The molecule has 0 saturated heterocycles. The lowest BCUT2D eigenvalue weighted by molar-refractivity contribution is 0.319. The molecule has 0 radical (unpaired) electrons. The summed E-state index contributed by atoms with van der Waals surface area (Å²) >= 11 is 0. The summed E-state index contributed by atoms with van der Waals surface area (Å²) in [5.74, 6) is 1.32. The largest absolute Gasteiger partial charge is 0.345 e. The van der Waals surface area contributed by atoms with Crippen LogP contribution in [0.25, 0.3) is 11.2 Å². The summed E-state index contributed by atoms with van der Waals surface area (Å²) in [7, 11) is 0. The van der Waals surface area contributed by atoms with Crippen molar-refractivity contribution in [1.82, 2.24) is 14.5 Å². The van der Waals surface area contributed by atoms with Crippen molar-refractivity contribution in [3.8, 4) is 0 Å².